The van der Waals surface area contributed by atoms with Crippen molar-refractivity contribution in [2.75, 3.05) is 0 Å². The lowest BCUT2D eigenvalue weighted by atomic mass is 9.77. The van der Waals surface area contributed by atoms with Crippen LogP contribution in [0.1, 0.15) is 36.1 Å². The normalized spacial score (nSPS) is 11.8. The molecule has 0 aliphatic rings. The van der Waals surface area contributed by atoms with E-state index in [1.54, 1.807) is 12.1 Å². The summed E-state index contributed by atoms with van der Waals surface area (Å²) in [7, 11) is 0. The lowest BCUT2D eigenvalue weighted by Gasteiger charge is -2.32. The Labute approximate surface area is 169 Å². The van der Waals surface area contributed by atoms with Gasteiger partial charge in [0.15, 0.2) is 0 Å². The molecule has 0 radical (unpaired) electrons. The van der Waals surface area contributed by atoms with Gasteiger partial charge in [-0.15, -0.1) is 0 Å². The van der Waals surface area contributed by atoms with Crippen LogP contribution in [0.5, 0.6) is 11.5 Å². The maximum absolute atomic E-state index is 10.0. The van der Waals surface area contributed by atoms with Gasteiger partial charge >= 0.3 is 0 Å². The fourth-order valence-corrected chi connectivity index (χ4v) is 6.86. The van der Waals surface area contributed by atoms with Crippen LogP contribution in [0.25, 0.3) is 0 Å². The summed E-state index contributed by atoms with van der Waals surface area (Å²) in [6, 6.07) is 3.43. The van der Waals surface area contributed by atoms with Crippen LogP contribution >= 0.6 is 63.7 Å². The van der Waals surface area contributed by atoms with Crippen molar-refractivity contribution in [2.24, 2.45) is 0 Å². The molecule has 0 aliphatic carbocycles. The summed E-state index contributed by atoms with van der Waals surface area (Å²) >= 11 is 14.4. The fourth-order valence-electron chi connectivity index (χ4n) is 2.68. The van der Waals surface area contributed by atoms with Crippen LogP contribution in [0.2, 0.25) is 0 Å². The summed E-state index contributed by atoms with van der Waals surface area (Å²) in [5.41, 5.74) is 3.24. The van der Waals surface area contributed by atoms with Crippen LogP contribution in [0.4, 0.5) is 0 Å². The maximum atomic E-state index is 10.0. The van der Waals surface area contributed by atoms with Crippen LogP contribution in [0, 0.1) is 13.8 Å². The van der Waals surface area contributed by atoms with Crippen molar-refractivity contribution in [2.45, 2.75) is 33.1 Å². The molecule has 23 heavy (non-hydrogen) atoms. The molecule has 0 bridgehead atoms. The van der Waals surface area contributed by atoms with E-state index in [2.05, 4.69) is 77.6 Å². The lowest BCUT2D eigenvalue weighted by molar-refractivity contribution is 0.467. The van der Waals surface area contributed by atoms with Gasteiger partial charge in [-0.2, -0.15) is 0 Å². The molecule has 2 N–H and O–H groups in total. The summed E-state index contributed by atoms with van der Waals surface area (Å²) in [5.74, 6) is 0.478. The van der Waals surface area contributed by atoms with Gasteiger partial charge in [0.1, 0.15) is 11.5 Å². The van der Waals surface area contributed by atoms with Crippen LogP contribution < -0.4 is 0 Å². The fraction of sp³-hybridized carbons (Fsp3) is 0.294. The summed E-state index contributed by atoms with van der Waals surface area (Å²) in [6.07, 6.45) is 0. The van der Waals surface area contributed by atoms with E-state index in [1.165, 1.54) is 0 Å². The number of hydrogen-bond donors (Lipinski definition) is 2. The maximum Gasteiger partial charge on any atom is 0.120 e. The molecule has 0 saturated heterocycles. The predicted octanol–water partition coefficient (Wildman–Crippen LogP) is 7.09. The molecule has 2 aromatic rings. The minimum absolute atomic E-state index is 0.239. The van der Waals surface area contributed by atoms with Crippen LogP contribution in [-0.2, 0) is 5.41 Å². The van der Waals surface area contributed by atoms with Crippen molar-refractivity contribution >= 4 is 63.7 Å². The van der Waals surface area contributed by atoms with Crippen LogP contribution in [0.3, 0.4) is 0 Å². The monoisotopic (exact) mass is 568 g/mol. The number of phenolic OH excluding ortho intramolecular Hbond substituents is 2. The molecule has 124 valence electrons. The smallest absolute Gasteiger partial charge is 0.120 e. The number of rotatable bonds is 2. The zero-order valence-electron chi connectivity index (χ0n) is 13.1. The Bertz CT molecular complexity index is 733. The van der Waals surface area contributed by atoms with Gasteiger partial charge in [0.2, 0.25) is 0 Å². The number of aromatic hydroxyl groups is 2. The van der Waals surface area contributed by atoms with Crippen molar-refractivity contribution in [3.05, 3.63) is 52.3 Å². The van der Waals surface area contributed by atoms with Gasteiger partial charge in [-0.1, -0.05) is 77.6 Å². The highest BCUT2D eigenvalue weighted by Gasteiger charge is 2.34. The SMILES string of the molecule is Cc1c(O)cc(Br)c(C(C)(C)c2c(Br)cc(O)c(C)c2Br)c1Br. The molecule has 0 unspecified atom stereocenters. The van der Waals surface area contributed by atoms with Gasteiger partial charge < -0.3 is 10.2 Å². The quantitative estimate of drug-likeness (QED) is 0.404. The largest absolute Gasteiger partial charge is 0.508 e. The number of benzene rings is 2. The number of phenols is 2. The Morgan fingerprint density at radius 3 is 1.35 bits per heavy atom. The number of halogens is 4. The van der Waals surface area contributed by atoms with Gasteiger partial charge in [0.25, 0.3) is 0 Å². The van der Waals surface area contributed by atoms with E-state index >= 15 is 0 Å². The molecular formula is C17H16Br4O2. The Kier molecular flexibility index (Phi) is 5.61. The minimum atomic E-state index is -0.397. The van der Waals surface area contributed by atoms with Crippen molar-refractivity contribution in [1.82, 2.24) is 0 Å². The standard InChI is InChI=1S/C17H16Br4O2/c1-7-11(22)5-9(18)13(15(7)20)17(3,4)14-10(19)6-12(23)8(2)16(14)21/h5-6,22-23H,1-4H3. The van der Waals surface area contributed by atoms with Crippen LogP contribution in [0.15, 0.2) is 30.0 Å². The van der Waals surface area contributed by atoms with Crippen LogP contribution in [-0.4, -0.2) is 10.2 Å². The lowest BCUT2D eigenvalue weighted by Crippen LogP contribution is -2.22. The molecule has 0 saturated carbocycles. The molecule has 2 aromatic carbocycles. The molecule has 0 atom stereocenters. The highest BCUT2D eigenvalue weighted by molar-refractivity contribution is 9.11. The molecular weight excluding hydrogens is 556 g/mol. The number of hydrogen-bond acceptors (Lipinski definition) is 2. The van der Waals surface area contributed by atoms with Gasteiger partial charge in [-0.25, -0.2) is 0 Å². The van der Waals surface area contributed by atoms with Gasteiger partial charge in [0.05, 0.1) is 0 Å². The third kappa shape index (κ3) is 3.24. The summed E-state index contributed by atoms with van der Waals surface area (Å²) in [6.45, 7) is 7.96. The van der Waals surface area contributed by atoms with E-state index < -0.39 is 5.41 Å². The molecule has 0 spiro atoms. The van der Waals surface area contributed by atoms with Crippen molar-refractivity contribution in [3.63, 3.8) is 0 Å². The summed E-state index contributed by atoms with van der Waals surface area (Å²) in [4.78, 5) is 0. The van der Waals surface area contributed by atoms with E-state index in [0.717, 1.165) is 40.1 Å². The molecule has 6 heteroatoms. The third-order valence-corrected chi connectivity index (χ3v) is 7.35. The van der Waals surface area contributed by atoms with Gasteiger partial charge in [-0.05, 0) is 37.1 Å². The molecule has 0 aromatic heterocycles. The van der Waals surface area contributed by atoms with E-state index in [0.29, 0.717) is 0 Å². The highest BCUT2D eigenvalue weighted by Crippen LogP contribution is 2.49. The van der Waals surface area contributed by atoms with Crippen molar-refractivity contribution in [3.8, 4) is 11.5 Å². The molecule has 2 nitrogen and oxygen atoms in total. The zero-order chi connectivity index (χ0) is 17.7. The highest BCUT2D eigenvalue weighted by atomic mass is 79.9. The summed E-state index contributed by atoms with van der Waals surface area (Å²) < 4.78 is 3.36. The second kappa shape index (κ2) is 6.70. The molecule has 0 aliphatic heterocycles. The van der Waals surface area contributed by atoms with E-state index in [4.69, 9.17) is 0 Å². The Morgan fingerprint density at radius 1 is 0.739 bits per heavy atom. The first kappa shape index (κ1) is 19.3. The first-order valence-corrected chi connectivity index (χ1v) is 10.0. The Hall–Kier alpha value is -0.0400. The average molecular weight is 572 g/mol. The second-order valence-electron chi connectivity index (χ2n) is 6.01. The molecule has 2 rings (SSSR count). The second-order valence-corrected chi connectivity index (χ2v) is 9.30. The third-order valence-electron chi connectivity index (χ3n) is 4.12. The van der Waals surface area contributed by atoms with Gasteiger partial charge in [0, 0.05) is 34.4 Å². The molecule has 0 fully saturated rings. The van der Waals surface area contributed by atoms with E-state index in [-0.39, 0.29) is 11.5 Å². The van der Waals surface area contributed by atoms with E-state index in [1.807, 2.05) is 13.8 Å². The molecule has 0 heterocycles. The van der Waals surface area contributed by atoms with Crippen molar-refractivity contribution in [1.29, 1.82) is 0 Å². The summed E-state index contributed by atoms with van der Waals surface area (Å²) in [5, 5.41) is 20.0. The Morgan fingerprint density at radius 2 is 1.04 bits per heavy atom. The Balaban J connectivity index is 2.85. The van der Waals surface area contributed by atoms with Gasteiger partial charge in [-0.3, -0.25) is 0 Å². The van der Waals surface area contributed by atoms with Crippen molar-refractivity contribution < 1.29 is 10.2 Å². The first-order valence-electron chi connectivity index (χ1n) is 6.86. The van der Waals surface area contributed by atoms with E-state index in [9.17, 15) is 10.2 Å². The predicted molar refractivity (Wildman–Crippen MR) is 109 cm³/mol. The topological polar surface area (TPSA) is 40.5 Å². The zero-order valence-corrected chi connectivity index (χ0v) is 19.4. The molecule has 0 amide bonds. The average Bonchev–Trinajstić information content (AvgIpc) is 2.41. The first-order chi connectivity index (χ1) is 10.5. The minimum Gasteiger partial charge on any atom is -0.508 e.